The van der Waals surface area contributed by atoms with Crippen LogP contribution in [-0.4, -0.2) is 69.1 Å². The fourth-order valence-electron chi connectivity index (χ4n) is 2.43. The number of methoxy groups -OCH3 is 1. The van der Waals surface area contributed by atoms with E-state index in [1.807, 2.05) is 0 Å². The average Bonchev–Trinajstić information content (AvgIpc) is 2.86. The third-order valence-electron chi connectivity index (χ3n) is 3.74. The number of nitrogens with one attached hydrogen (secondary N) is 1. The fraction of sp³-hybridized carbons (Fsp3) is 0.643. The van der Waals surface area contributed by atoms with Gasteiger partial charge in [0.1, 0.15) is 5.69 Å². The van der Waals surface area contributed by atoms with Gasteiger partial charge in [0.25, 0.3) is 5.91 Å². The van der Waals surface area contributed by atoms with Gasteiger partial charge >= 0.3 is 0 Å². The molecule has 1 aromatic heterocycles. The Kier molecular flexibility index (Phi) is 5.53. The maximum Gasteiger partial charge on any atom is 0.270 e. The molecule has 128 valence electrons. The summed E-state index contributed by atoms with van der Waals surface area (Å²) in [5.74, 6) is 0.333. The summed E-state index contributed by atoms with van der Waals surface area (Å²) < 4.78 is 28.1. The van der Waals surface area contributed by atoms with Gasteiger partial charge in [-0.15, -0.1) is 0 Å². The van der Waals surface area contributed by atoms with E-state index in [-0.39, 0.29) is 29.1 Å². The Morgan fingerprint density at radius 2 is 2.22 bits per heavy atom. The zero-order valence-electron chi connectivity index (χ0n) is 13.6. The highest BCUT2D eigenvalue weighted by Gasteiger charge is 2.32. The van der Waals surface area contributed by atoms with Crippen molar-refractivity contribution in [3.05, 3.63) is 17.5 Å². The number of ether oxygens (including phenoxy) is 1. The normalized spacial score (nSPS) is 19.5. The fourth-order valence-corrected chi connectivity index (χ4v) is 4.20. The van der Waals surface area contributed by atoms with E-state index in [1.54, 1.807) is 32.0 Å². The lowest BCUT2D eigenvalue weighted by Gasteiger charge is -2.23. The number of rotatable bonds is 6. The Hall–Kier alpha value is -1.74. The predicted molar refractivity (Wildman–Crippen MR) is 86.4 cm³/mol. The predicted octanol–water partition coefficient (Wildman–Crippen LogP) is -0.215. The quantitative estimate of drug-likeness (QED) is 0.713. The molecule has 1 amide bonds. The maximum absolute atomic E-state index is 12.1. The van der Waals surface area contributed by atoms with Crippen LogP contribution in [0.4, 0.5) is 5.95 Å². The molecule has 0 spiro atoms. The van der Waals surface area contributed by atoms with Gasteiger partial charge in [0.15, 0.2) is 9.84 Å². The number of amides is 1. The lowest BCUT2D eigenvalue weighted by Crippen LogP contribution is -2.35. The van der Waals surface area contributed by atoms with Crippen LogP contribution in [0.1, 0.15) is 22.6 Å². The van der Waals surface area contributed by atoms with E-state index in [0.29, 0.717) is 31.2 Å². The molecule has 8 nitrogen and oxygen atoms in total. The standard InChI is InChI=1S/C14H22N4O4S/c1-10-8-12(13(19)15-5-6-22-3)17-14(16-10)18(2)11-4-7-23(20,21)9-11/h8,11H,4-7,9H2,1-3H3,(H,15,19). The summed E-state index contributed by atoms with van der Waals surface area (Å²) in [6.07, 6.45) is 0.547. The lowest BCUT2D eigenvalue weighted by atomic mass is 10.2. The summed E-state index contributed by atoms with van der Waals surface area (Å²) in [6, 6.07) is 1.44. The first-order valence-corrected chi connectivity index (χ1v) is 9.20. The first kappa shape index (κ1) is 17.6. The van der Waals surface area contributed by atoms with E-state index in [1.165, 1.54) is 0 Å². The highest BCUT2D eigenvalue weighted by atomic mass is 32.2. The number of aromatic nitrogens is 2. The monoisotopic (exact) mass is 342 g/mol. The van der Waals surface area contributed by atoms with Crippen molar-refractivity contribution in [3.63, 3.8) is 0 Å². The third-order valence-corrected chi connectivity index (χ3v) is 5.49. The Morgan fingerprint density at radius 1 is 1.48 bits per heavy atom. The minimum absolute atomic E-state index is 0.0934. The lowest BCUT2D eigenvalue weighted by molar-refractivity contribution is 0.0932. The smallest absolute Gasteiger partial charge is 0.270 e. The zero-order valence-corrected chi connectivity index (χ0v) is 14.4. The highest BCUT2D eigenvalue weighted by Crippen LogP contribution is 2.20. The van der Waals surface area contributed by atoms with Crippen LogP contribution in [0.5, 0.6) is 0 Å². The van der Waals surface area contributed by atoms with Gasteiger partial charge in [0, 0.05) is 32.4 Å². The van der Waals surface area contributed by atoms with E-state index < -0.39 is 9.84 Å². The summed E-state index contributed by atoms with van der Waals surface area (Å²) in [5, 5.41) is 2.71. The summed E-state index contributed by atoms with van der Waals surface area (Å²) in [5.41, 5.74) is 0.913. The van der Waals surface area contributed by atoms with Crippen LogP contribution in [0.2, 0.25) is 0 Å². The topological polar surface area (TPSA) is 101 Å². The maximum atomic E-state index is 12.1. The molecular formula is C14H22N4O4S. The van der Waals surface area contributed by atoms with Crippen LogP contribution in [0.3, 0.4) is 0 Å². The second kappa shape index (κ2) is 7.22. The van der Waals surface area contributed by atoms with Crippen molar-refractivity contribution < 1.29 is 17.9 Å². The molecule has 1 atom stereocenters. The number of hydrogen-bond donors (Lipinski definition) is 1. The van der Waals surface area contributed by atoms with Crippen molar-refractivity contribution >= 4 is 21.7 Å². The number of anilines is 1. The second-order valence-corrected chi connectivity index (χ2v) is 7.84. The van der Waals surface area contributed by atoms with Gasteiger partial charge in [-0.05, 0) is 19.4 Å². The number of nitrogens with zero attached hydrogens (tertiary/aromatic N) is 3. The molecule has 0 aromatic carbocycles. The van der Waals surface area contributed by atoms with Crippen LogP contribution in [0.25, 0.3) is 0 Å². The molecule has 0 bridgehead atoms. The highest BCUT2D eigenvalue weighted by molar-refractivity contribution is 7.91. The molecule has 1 aromatic rings. The Labute approximate surface area is 136 Å². The van der Waals surface area contributed by atoms with Crippen LogP contribution < -0.4 is 10.2 Å². The van der Waals surface area contributed by atoms with Gasteiger partial charge in [0.2, 0.25) is 5.95 Å². The molecule has 9 heteroatoms. The first-order chi connectivity index (χ1) is 10.8. The molecule has 1 saturated heterocycles. The SMILES string of the molecule is COCCNC(=O)c1cc(C)nc(N(C)C2CCS(=O)(=O)C2)n1. The molecular weight excluding hydrogens is 320 g/mol. The molecule has 0 saturated carbocycles. The second-order valence-electron chi connectivity index (χ2n) is 5.61. The van der Waals surface area contributed by atoms with Gasteiger partial charge < -0.3 is 15.0 Å². The van der Waals surface area contributed by atoms with E-state index in [4.69, 9.17) is 4.74 Å². The molecule has 1 aliphatic rings. The summed E-state index contributed by atoms with van der Waals surface area (Å²) in [7, 11) is 0.326. The summed E-state index contributed by atoms with van der Waals surface area (Å²) >= 11 is 0. The summed E-state index contributed by atoms with van der Waals surface area (Å²) in [6.45, 7) is 2.59. The number of carbonyl (C=O) groups excluding carboxylic acids is 1. The first-order valence-electron chi connectivity index (χ1n) is 7.38. The number of sulfone groups is 1. The Bertz CT molecular complexity index is 677. The van der Waals surface area contributed by atoms with Crippen molar-refractivity contribution in [1.82, 2.24) is 15.3 Å². The molecule has 1 fully saturated rings. The van der Waals surface area contributed by atoms with Crippen molar-refractivity contribution in [3.8, 4) is 0 Å². The van der Waals surface area contributed by atoms with Crippen LogP contribution in [0, 0.1) is 6.92 Å². The third kappa shape index (κ3) is 4.61. The van der Waals surface area contributed by atoms with Crippen molar-refractivity contribution in [2.24, 2.45) is 0 Å². The number of aryl methyl sites for hydroxylation is 1. The van der Waals surface area contributed by atoms with Gasteiger partial charge in [0.05, 0.1) is 18.1 Å². The largest absolute Gasteiger partial charge is 0.383 e. The zero-order chi connectivity index (χ0) is 17.0. The summed E-state index contributed by atoms with van der Waals surface area (Å²) in [4.78, 5) is 22.4. The van der Waals surface area contributed by atoms with Crippen LogP contribution in [0.15, 0.2) is 6.07 Å². The molecule has 1 N–H and O–H groups in total. The number of hydrogen-bond acceptors (Lipinski definition) is 7. The molecule has 1 aliphatic heterocycles. The van der Waals surface area contributed by atoms with Crippen LogP contribution in [-0.2, 0) is 14.6 Å². The van der Waals surface area contributed by atoms with Crippen molar-refractivity contribution in [2.45, 2.75) is 19.4 Å². The van der Waals surface area contributed by atoms with E-state index in [9.17, 15) is 13.2 Å². The van der Waals surface area contributed by atoms with Crippen molar-refractivity contribution in [1.29, 1.82) is 0 Å². The molecule has 0 aliphatic carbocycles. The van der Waals surface area contributed by atoms with Crippen LogP contribution >= 0.6 is 0 Å². The average molecular weight is 342 g/mol. The van der Waals surface area contributed by atoms with Gasteiger partial charge in [-0.25, -0.2) is 18.4 Å². The molecule has 0 radical (unpaired) electrons. The molecule has 2 rings (SSSR count). The van der Waals surface area contributed by atoms with Gasteiger partial charge in [-0.3, -0.25) is 4.79 Å². The molecule has 23 heavy (non-hydrogen) atoms. The number of carbonyl (C=O) groups is 1. The van der Waals surface area contributed by atoms with Gasteiger partial charge in [-0.1, -0.05) is 0 Å². The van der Waals surface area contributed by atoms with E-state index in [0.717, 1.165) is 0 Å². The minimum Gasteiger partial charge on any atom is -0.383 e. The Morgan fingerprint density at radius 3 is 2.83 bits per heavy atom. The van der Waals surface area contributed by atoms with E-state index >= 15 is 0 Å². The molecule has 1 unspecified atom stereocenters. The van der Waals surface area contributed by atoms with Gasteiger partial charge in [-0.2, -0.15) is 0 Å². The van der Waals surface area contributed by atoms with E-state index in [2.05, 4.69) is 15.3 Å². The minimum atomic E-state index is -2.99. The Balaban J connectivity index is 2.15. The van der Waals surface area contributed by atoms with Crippen molar-refractivity contribution in [2.75, 3.05) is 43.7 Å². The molecule has 2 heterocycles.